The molecule has 0 fully saturated rings. The molecule has 7 heteroatoms. The van der Waals surface area contributed by atoms with Crippen molar-refractivity contribution in [2.75, 3.05) is 27.3 Å². The van der Waals surface area contributed by atoms with Gasteiger partial charge in [0.15, 0.2) is 11.5 Å². The van der Waals surface area contributed by atoms with Gasteiger partial charge in [0.2, 0.25) is 10.0 Å². The van der Waals surface area contributed by atoms with Crippen molar-refractivity contribution in [1.29, 1.82) is 0 Å². The van der Waals surface area contributed by atoms with Gasteiger partial charge in [-0.25, -0.2) is 12.7 Å². The van der Waals surface area contributed by atoms with Gasteiger partial charge in [-0.05, 0) is 22.0 Å². The normalized spacial score (nSPS) is 15.1. The lowest BCUT2D eigenvalue weighted by molar-refractivity contribution is 0.171. The minimum Gasteiger partial charge on any atom is -0.486 e. The first-order valence-corrected chi connectivity index (χ1v) is 7.18. The third kappa shape index (κ3) is 2.27. The Balaban J connectivity index is 2.56. The second-order valence-corrected chi connectivity index (χ2v) is 6.69. The zero-order valence-corrected chi connectivity index (χ0v) is 11.8. The van der Waals surface area contributed by atoms with Crippen molar-refractivity contribution in [3.05, 3.63) is 16.6 Å². The first-order chi connectivity index (χ1) is 7.93. The van der Waals surface area contributed by atoms with Crippen LogP contribution in [0.4, 0.5) is 0 Å². The van der Waals surface area contributed by atoms with Crippen LogP contribution in [0.5, 0.6) is 11.5 Å². The molecule has 1 aromatic carbocycles. The first-order valence-electron chi connectivity index (χ1n) is 4.94. The minimum absolute atomic E-state index is 0.173. The fourth-order valence-corrected chi connectivity index (χ4v) is 3.33. The van der Waals surface area contributed by atoms with Gasteiger partial charge in [0, 0.05) is 24.6 Å². The van der Waals surface area contributed by atoms with E-state index in [-0.39, 0.29) is 4.90 Å². The van der Waals surface area contributed by atoms with Crippen LogP contribution in [-0.2, 0) is 10.0 Å². The summed E-state index contributed by atoms with van der Waals surface area (Å²) in [5, 5.41) is 0. The highest BCUT2D eigenvalue weighted by atomic mass is 79.9. The molecule has 0 saturated carbocycles. The number of nitrogens with zero attached hydrogens (tertiary/aromatic N) is 1. The number of ether oxygens (including phenoxy) is 2. The van der Waals surface area contributed by atoms with Gasteiger partial charge < -0.3 is 9.47 Å². The molecule has 17 heavy (non-hydrogen) atoms. The van der Waals surface area contributed by atoms with Crippen molar-refractivity contribution < 1.29 is 17.9 Å². The van der Waals surface area contributed by atoms with Gasteiger partial charge in [-0.3, -0.25) is 0 Å². The van der Waals surface area contributed by atoms with Crippen molar-refractivity contribution >= 4 is 26.0 Å². The van der Waals surface area contributed by atoms with Gasteiger partial charge in [0.25, 0.3) is 0 Å². The number of fused-ring (bicyclic) bond motifs is 1. The molecule has 0 N–H and O–H groups in total. The van der Waals surface area contributed by atoms with E-state index in [0.29, 0.717) is 29.2 Å². The van der Waals surface area contributed by atoms with E-state index in [1.165, 1.54) is 20.2 Å². The highest BCUT2D eigenvalue weighted by molar-refractivity contribution is 9.10. The zero-order chi connectivity index (χ0) is 12.6. The number of halogens is 1. The van der Waals surface area contributed by atoms with Crippen molar-refractivity contribution in [1.82, 2.24) is 4.31 Å². The molecular formula is C10H12BrNO4S. The second kappa shape index (κ2) is 4.47. The van der Waals surface area contributed by atoms with E-state index in [0.717, 1.165) is 4.31 Å². The molecule has 1 aliphatic rings. The summed E-state index contributed by atoms with van der Waals surface area (Å²) in [4.78, 5) is 0.173. The molecule has 0 aromatic heterocycles. The molecule has 0 unspecified atom stereocenters. The van der Waals surface area contributed by atoms with Crippen LogP contribution >= 0.6 is 15.9 Å². The molecule has 5 nitrogen and oxygen atoms in total. The monoisotopic (exact) mass is 321 g/mol. The first kappa shape index (κ1) is 12.7. The molecule has 2 rings (SSSR count). The molecule has 94 valence electrons. The quantitative estimate of drug-likeness (QED) is 0.827. The molecule has 0 aliphatic carbocycles. The number of hydrogen-bond donors (Lipinski definition) is 0. The second-order valence-electron chi connectivity index (χ2n) is 3.71. The van der Waals surface area contributed by atoms with Crippen LogP contribution in [0.2, 0.25) is 0 Å². The maximum absolute atomic E-state index is 12.0. The standard InChI is InChI=1S/C10H12BrNO4S/c1-12(2)17(13,14)10-6-9-8(5-7(10)11)15-3-4-16-9/h5-6H,3-4H2,1-2H3. The smallest absolute Gasteiger partial charge is 0.243 e. The Morgan fingerprint density at radius 3 is 2.24 bits per heavy atom. The maximum Gasteiger partial charge on any atom is 0.243 e. The summed E-state index contributed by atoms with van der Waals surface area (Å²) in [7, 11) is -0.521. The number of benzene rings is 1. The van der Waals surface area contributed by atoms with Crippen LogP contribution in [-0.4, -0.2) is 40.0 Å². The number of hydrogen-bond acceptors (Lipinski definition) is 4. The van der Waals surface area contributed by atoms with Gasteiger partial charge in [0.05, 0.1) is 0 Å². The van der Waals surface area contributed by atoms with Crippen molar-refractivity contribution in [3.63, 3.8) is 0 Å². The van der Waals surface area contributed by atoms with E-state index in [1.807, 2.05) is 0 Å². The van der Waals surface area contributed by atoms with Gasteiger partial charge in [0.1, 0.15) is 18.1 Å². The van der Waals surface area contributed by atoms with E-state index in [2.05, 4.69) is 15.9 Å². The summed E-state index contributed by atoms with van der Waals surface area (Å²) in [5.41, 5.74) is 0. The van der Waals surface area contributed by atoms with E-state index in [1.54, 1.807) is 6.07 Å². The van der Waals surface area contributed by atoms with Crippen LogP contribution in [0.15, 0.2) is 21.5 Å². The van der Waals surface area contributed by atoms with Gasteiger partial charge in [-0.2, -0.15) is 0 Å². The molecule has 0 amide bonds. The van der Waals surface area contributed by atoms with Crippen LogP contribution in [0, 0.1) is 0 Å². The van der Waals surface area contributed by atoms with E-state index < -0.39 is 10.0 Å². The van der Waals surface area contributed by atoms with Crippen LogP contribution < -0.4 is 9.47 Å². The lowest BCUT2D eigenvalue weighted by Crippen LogP contribution is -2.23. The summed E-state index contributed by atoms with van der Waals surface area (Å²) in [6.45, 7) is 0.898. The highest BCUT2D eigenvalue weighted by Gasteiger charge is 2.24. The van der Waals surface area contributed by atoms with Gasteiger partial charge in [-0.15, -0.1) is 0 Å². The topological polar surface area (TPSA) is 55.8 Å². The van der Waals surface area contributed by atoms with Crippen LogP contribution in [0.25, 0.3) is 0 Å². The third-order valence-electron chi connectivity index (χ3n) is 2.36. The lowest BCUT2D eigenvalue weighted by Gasteiger charge is -2.20. The molecule has 0 saturated heterocycles. The van der Waals surface area contributed by atoms with Gasteiger partial charge in [-0.1, -0.05) is 0 Å². The molecule has 1 aromatic rings. The summed E-state index contributed by atoms with van der Waals surface area (Å²) >= 11 is 3.24. The number of sulfonamides is 1. The fraction of sp³-hybridized carbons (Fsp3) is 0.400. The highest BCUT2D eigenvalue weighted by Crippen LogP contribution is 2.37. The molecule has 0 spiro atoms. The summed E-state index contributed by atoms with van der Waals surface area (Å²) in [6.07, 6.45) is 0. The van der Waals surface area contributed by atoms with Crippen molar-refractivity contribution in [2.45, 2.75) is 4.90 Å². The van der Waals surface area contributed by atoms with Crippen LogP contribution in [0.1, 0.15) is 0 Å². The van der Waals surface area contributed by atoms with E-state index >= 15 is 0 Å². The maximum atomic E-state index is 12.0. The summed E-state index contributed by atoms with van der Waals surface area (Å²) < 4.78 is 36.4. The average Bonchev–Trinajstić information content (AvgIpc) is 2.27. The SMILES string of the molecule is CN(C)S(=O)(=O)c1cc2c(cc1Br)OCCO2. The Morgan fingerprint density at radius 2 is 1.71 bits per heavy atom. The zero-order valence-electron chi connectivity index (χ0n) is 9.44. The molecule has 0 bridgehead atoms. The molecule has 1 heterocycles. The lowest BCUT2D eigenvalue weighted by atomic mass is 10.3. The number of rotatable bonds is 2. The Hall–Kier alpha value is -0.790. The molecule has 0 atom stereocenters. The molecule has 0 radical (unpaired) electrons. The predicted octanol–water partition coefficient (Wildman–Crippen LogP) is 1.47. The van der Waals surface area contributed by atoms with Crippen molar-refractivity contribution in [2.24, 2.45) is 0 Å². The van der Waals surface area contributed by atoms with Gasteiger partial charge >= 0.3 is 0 Å². The molecule has 1 aliphatic heterocycles. The summed E-state index contributed by atoms with van der Waals surface area (Å²) in [6, 6.07) is 3.10. The fourth-order valence-electron chi connectivity index (χ4n) is 1.44. The molecular weight excluding hydrogens is 310 g/mol. The average molecular weight is 322 g/mol. The third-order valence-corrected chi connectivity index (χ3v) is 5.13. The summed E-state index contributed by atoms with van der Waals surface area (Å²) in [5.74, 6) is 1.01. The van der Waals surface area contributed by atoms with Crippen LogP contribution in [0.3, 0.4) is 0 Å². The van der Waals surface area contributed by atoms with Crippen molar-refractivity contribution in [3.8, 4) is 11.5 Å². The largest absolute Gasteiger partial charge is 0.486 e. The minimum atomic E-state index is -3.49. The Morgan fingerprint density at radius 1 is 1.18 bits per heavy atom. The van der Waals surface area contributed by atoms with E-state index in [4.69, 9.17) is 9.47 Å². The Labute approximate surface area is 109 Å². The Kier molecular flexibility index (Phi) is 3.33. The van der Waals surface area contributed by atoms with E-state index in [9.17, 15) is 8.42 Å². The Bertz CT molecular complexity index is 541. The predicted molar refractivity (Wildman–Crippen MR) is 66.0 cm³/mol.